The number of thioether (sulfide) groups is 1. The lowest BCUT2D eigenvalue weighted by Gasteiger charge is -2.20. The van der Waals surface area contributed by atoms with E-state index in [9.17, 15) is 14.4 Å². The summed E-state index contributed by atoms with van der Waals surface area (Å²) in [6, 6.07) is 7.44. The molecule has 2 amide bonds. The van der Waals surface area contributed by atoms with E-state index < -0.39 is 0 Å². The third-order valence-corrected chi connectivity index (χ3v) is 6.25. The molecule has 1 unspecified atom stereocenters. The van der Waals surface area contributed by atoms with Gasteiger partial charge in [0, 0.05) is 31.2 Å². The molecule has 0 saturated carbocycles. The molecule has 7 heteroatoms. The van der Waals surface area contributed by atoms with Gasteiger partial charge in [-0.1, -0.05) is 50.6 Å². The van der Waals surface area contributed by atoms with E-state index in [2.05, 4.69) is 20.8 Å². The predicted molar refractivity (Wildman–Crippen MR) is 116 cm³/mol. The molecule has 29 heavy (non-hydrogen) atoms. The fourth-order valence-electron chi connectivity index (χ4n) is 3.67. The Kier molecular flexibility index (Phi) is 7.11. The van der Waals surface area contributed by atoms with Crippen LogP contribution in [-0.4, -0.2) is 38.6 Å². The molecular formula is C22H29N3O3S. The first-order valence-electron chi connectivity index (χ1n) is 10.4. The highest BCUT2D eigenvalue weighted by Gasteiger charge is 2.28. The van der Waals surface area contributed by atoms with Crippen molar-refractivity contribution < 1.29 is 9.59 Å². The second kappa shape index (κ2) is 9.57. The number of amides is 2. The third-order valence-electron chi connectivity index (χ3n) is 5.32. The standard InChI is InChI=1S/C22H29N3O3S/c1-15(2)7-6-8-16(3)25-21(28)17-9-4-5-10-18(17)23-22(25)29-14-13-24-19(26)11-12-20(24)27/h4-5,9-10,15-16H,6-8,11-14H2,1-3H3. The molecule has 1 atom stereocenters. The number of imide groups is 1. The minimum absolute atomic E-state index is 0.0246. The van der Waals surface area contributed by atoms with Crippen LogP contribution in [0.2, 0.25) is 0 Å². The molecule has 156 valence electrons. The number of benzene rings is 1. The van der Waals surface area contributed by atoms with Gasteiger partial charge in [-0.15, -0.1) is 0 Å². The van der Waals surface area contributed by atoms with E-state index in [1.807, 2.05) is 24.3 Å². The van der Waals surface area contributed by atoms with Gasteiger partial charge in [-0.3, -0.25) is 23.9 Å². The van der Waals surface area contributed by atoms with Crippen molar-refractivity contribution in [3.8, 4) is 0 Å². The largest absolute Gasteiger partial charge is 0.284 e. The number of para-hydroxylation sites is 1. The van der Waals surface area contributed by atoms with Crippen molar-refractivity contribution in [1.29, 1.82) is 0 Å². The van der Waals surface area contributed by atoms with Crippen LogP contribution in [0.4, 0.5) is 0 Å². The van der Waals surface area contributed by atoms with Gasteiger partial charge in [-0.05, 0) is 31.4 Å². The number of carbonyl (C=O) groups excluding carboxylic acids is 2. The summed E-state index contributed by atoms with van der Waals surface area (Å²) in [6.45, 7) is 6.83. The molecular weight excluding hydrogens is 386 g/mol. The molecule has 0 bridgehead atoms. The maximum Gasteiger partial charge on any atom is 0.262 e. The number of hydrogen-bond donors (Lipinski definition) is 0. The number of carbonyl (C=O) groups is 2. The van der Waals surface area contributed by atoms with Gasteiger partial charge in [0.1, 0.15) is 0 Å². The minimum atomic E-state index is -0.110. The highest BCUT2D eigenvalue weighted by molar-refractivity contribution is 7.99. The van der Waals surface area contributed by atoms with Gasteiger partial charge in [0.25, 0.3) is 5.56 Å². The topological polar surface area (TPSA) is 72.3 Å². The average Bonchev–Trinajstić information content (AvgIpc) is 3.00. The van der Waals surface area contributed by atoms with E-state index >= 15 is 0 Å². The molecule has 1 fully saturated rings. The highest BCUT2D eigenvalue weighted by atomic mass is 32.2. The Bertz CT molecular complexity index is 938. The summed E-state index contributed by atoms with van der Waals surface area (Å²) in [4.78, 5) is 42.9. The Morgan fingerprint density at radius 3 is 2.41 bits per heavy atom. The van der Waals surface area contributed by atoms with Crippen LogP contribution in [0.3, 0.4) is 0 Å². The van der Waals surface area contributed by atoms with Crippen molar-refractivity contribution in [3.05, 3.63) is 34.6 Å². The Morgan fingerprint density at radius 1 is 1.03 bits per heavy atom. The molecule has 1 aromatic heterocycles. The molecule has 1 aliphatic rings. The lowest BCUT2D eigenvalue weighted by Crippen LogP contribution is -2.31. The summed E-state index contributed by atoms with van der Waals surface area (Å²) in [7, 11) is 0. The normalized spacial score (nSPS) is 15.7. The summed E-state index contributed by atoms with van der Waals surface area (Å²) < 4.78 is 1.79. The first-order valence-corrected chi connectivity index (χ1v) is 11.3. The second-order valence-electron chi connectivity index (χ2n) is 8.05. The van der Waals surface area contributed by atoms with Gasteiger partial charge in [0.05, 0.1) is 10.9 Å². The third kappa shape index (κ3) is 5.07. The van der Waals surface area contributed by atoms with Gasteiger partial charge in [0.15, 0.2) is 5.16 Å². The summed E-state index contributed by atoms with van der Waals surface area (Å²) in [5.41, 5.74) is 0.655. The molecule has 1 aliphatic heterocycles. The number of rotatable bonds is 9. The van der Waals surface area contributed by atoms with Crippen LogP contribution in [0.5, 0.6) is 0 Å². The molecule has 2 heterocycles. The first-order chi connectivity index (χ1) is 13.9. The maximum atomic E-state index is 13.2. The van der Waals surface area contributed by atoms with Crippen LogP contribution >= 0.6 is 11.8 Å². The number of fused-ring (bicyclic) bond motifs is 1. The molecule has 0 radical (unpaired) electrons. The second-order valence-corrected chi connectivity index (χ2v) is 9.11. The van der Waals surface area contributed by atoms with Gasteiger partial charge >= 0.3 is 0 Å². The van der Waals surface area contributed by atoms with Gasteiger partial charge in [-0.25, -0.2) is 4.98 Å². The Morgan fingerprint density at radius 2 is 1.72 bits per heavy atom. The van der Waals surface area contributed by atoms with Crippen LogP contribution in [0.1, 0.15) is 58.9 Å². The Labute approximate surface area is 175 Å². The summed E-state index contributed by atoms with van der Waals surface area (Å²) in [5, 5.41) is 1.28. The minimum Gasteiger partial charge on any atom is -0.284 e. The van der Waals surface area contributed by atoms with Crippen LogP contribution < -0.4 is 5.56 Å². The maximum absolute atomic E-state index is 13.2. The van der Waals surface area contributed by atoms with Gasteiger partial charge in [-0.2, -0.15) is 0 Å². The van der Waals surface area contributed by atoms with E-state index in [-0.39, 0.29) is 23.4 Å². The number of aromatic nitrogens is 2. The average molecular weight is 416 g/mol. The van der Waals surface area contributed by atoms with E-state index in [1.165, 1.54) is 16.7 Å². The number of nitrogens with zero attached hydrogens (tertiary/aromatic N) is 3. The van der Waals surface area contributed by atoms with E-state index in [4.69, 9.17) is 4.98 Å². The summed E-state index contributed by atoms with van der Waals surface area (Å²) >= 11 is 1.44. The van der Waals surface area contributed by atoms with Crippen molar-refractivity contribution in [2.24, 2.45) is 5.92 Å². The molecule has 1 saturated heterocycles. The Hall–Kier alpha value is -2.15. The lowest BCUT2D eigenvalue weighted by atomic mass is 10.0. The van der Waals surface area contributed by atoms with Crippen molar-refractivity contribution in [3.63, 3.8) is 0 Å². The molecule has 0 aliphatic carbocycles. The molecule has 0 N–H and O–H groups in total. The SMILES string of the molecule is CC(C)CCCC(C)n1c(SCCN2C(=O)CCC2=O)nc2ccccc2c1=O. The fourth-order valence-corrected chi connectivity index (χ4v) is 4.69. The van der Waals surface area contributed by atoms with Crippen molar-refractivity contribution >= 4 is 34.5 Å². The van der Waals surface area contributed by atoms with E-state index in [1.54, 1.807) is 4.57 Å². The molecule has 2 aromatic rings. The zero-order chi connectivity index (χ0) is 21.0. The summed E-state index contributed by atoms with van der Waals surface area (Å²) in [5.74, 6) is 0.946. The molecule has 0 spiro atoms. The fraction of sp³-hybridized carbons (Fsp3) is 0.545. The quantitative estimate of drug-likeness (QED) is 0.351. The summed E-state index contributed by atoms with van der Waals surface area (Å²) in [6.07, 6.45) is 3.69. The van der Waals surface area contributed by atoms with Crippen LogP contribution in [0.25, 0.3) is 10.9 Å². The van der Waals surface area contributed by atoms with Crippen molar-refractivity contribution in [1.82, 2.24) is 14.5 Å². The number of hydrogen-bond acceptors (Lipinski definition) is 5. The number of likely N-dealkylation sites (tertiary alicyclic amines) is 1. The smallest absolute Gasteiger partial charge is 0.262 e. The van der Waals surface area contributed by atoms with Crippen LogP contribution in [0.15, 0.2) is 34.2 Å². The molecule has 3 rings (SSSR count). The molecule has 1 aromatic carbocycles. The molecule has 6 nitrogen and oxygen atoms in total. The Balaban J connectivity index is 1.82. The first kappa shape index (κ1) is 21.6. The zero-order valence-corrected chi connectivity index (χ0v) is 18.2. The lowest BCUT2D eigenvalue weighted by molar-refractivity contribution is -0.137. The van der Waals surface area contributed by atoms with E-state index in [0.717, 1.165) is 19.3 Å². The van der Waals surface area contributed by atoms with Crippen LogP contribution in [-0.2, 0) is 9.59 Å². The predicted octanol–water partition coefficient (Wildman–Crippen LogP) is 4.02. The zero-order valence-electron chi connectivity index (χ0n) is 17.4. The van der Waals surface area contributed by atoms with Gasteiger partial charge in [0.2, 0.25) is 11.8 Å². The van der Waals surface area contributed by atoms with Crippen molar-refractivity contribution in [2.45, 2.75) is 64.1 Å². The van der Waals surface area contributed by atoms with E-state index in [0.29, 0.717) is 47.1 Å². The monoisotopic (exact) mass is 415 g/mol. The van der Waals surface area contributed by atoms with Crippen molar-refractivity contribution in [2.75, 3.05) is 12.3 Å². The van der Waals surface area contributed by atoms with Gasteiger partial charge < -0.3 is 0 Å². The van der Waals surface area contributed by atoms with Crippen LogP contribution in [0, 0.1) is 5.92 Å². The highest BCUT2D eigenvalue weighted by Crippen LogP contribution is 2.25.